The standard InChI is InChI=1S/C18H22N4O/c1-5-12(3)16-20-13(4)17-21-15(9-11-22(16)17)14-8-7-10-19-18(14)23-6-2/h7-12H,5-6H2,1-4H3. The molecule has 0 bridgehead atoms. The minimum absolute atomic E-state index is 0.404. The Balaban J connectivity index is 2.13. The third kappa shape index (κ3) is 2.79. The Morgan fingerprint density at radius 1 is 1.22 bits per heavy atom. The minimum atomic E-state index is 0.404. The Bertz CT molecular complexity index is 825. The van der Waals surface area contributed by atoms with E-state index < -0.39 is 0 Å². The summed E-state index contributed by atoms with van der Waals surface area (Å²) in [5.74, 6) is 2.09. The molecule has 3 aromatic heterocycles. The summed E-state index contributed by atoms with van der Waals surface area (Å²) in [5, 5.41) is 0. The van der Waals surface area contributed by atoms with E-state index in [-0.39, 0.29) is 0 Å². The quantitative estimate of drug-likeness (QED) is 0.714. The number of hydrogen-bond acceptors (Lipinski definition) is 4. The van der Waals surface area contributed by atoms with Crippen LogP contribution >= 0.6 is 0 Å². The average molecular weight is 310 g/mol. The molecule has 0 fully saturated rings. The van der Waals surface area contributed by atoms with Crippen LogP contribution in [0.4, 0.5) is 0 Å². The van der Waals surface area contributed by atoms with Crippen LogP contribution in [0.2, 0.25) is 0 Å². The molecule has 0 amide bonds. The van der Waals surface area contributed by atoms with Crippen molar-refractivity contribution in [2.45, 2.75) is 40.0 Å². The maximum Gasteiger partial charge on any atom is 0.222 e. The maximum atomic E-state index is 5.62. The molecule has 0 aromatic carbocycles. The molecule has 3 rings (SSSR count). The van der Waals surface area contributed by atoms with Crippen LogP contribution in [-0.4, -0.2) is 26.0 Å². The smallest absolute Gasteiger partial charge is 0.222 e. The van der Waals surface area contributed by atoms with Crippen LogP contribution in [0.15, 0.2) is 30.6 Å². The summed E-state index contributed by atoms with van der Waals surface area (Å²) in [6.07, 6.45) is 4.83. The van der Waals surface area contributed by atoms with Gasteiger partial charge >= 0.3 is 0 Å². The first kappa shape index (κ1) is 15.5. The summed E-state index contributed by atoms with van der Waals surface area (Å²) in [7, 11) is 0. The Morgan fingerprint density at radius 2 is 2.04 bits per heavy atom. The van der Waals surface area contributed by atoms with Crippen LogP contribution in [0.3, 0.4) is 0 Å². The van der Waals surface area contributed by atoms with Gasteiger partial charge in [-0.3, -0.25) is 4.40 Å². The van der Waals surface area contributed by atoms with Gasteiger partial charge in [0.2, 0.25) is 5.88 Å². The van der Waals surface area contributed by atoms with E-state index in [2.05, 4.69) is 23.2 Å². The molecule has 0 N–H and O–H groups in total. The Hall–Kier alpha value is -2.43. The van der Waals surface area contributed by atoms with E-state index in [1.54, 1.807) is 6.20 Å². The highest BCUT2D eigenvalue weighted by molar-refractivity contribution is 5.67. The topological polar surface area (TPSA) is 52.3 Å². The van der Waals surface area contributed by atoms with Gasteiger partial charge in [0, 0.05) is 18.3 Å². The first-order chi connectivity index (χ1) is 11.2. The highest BCUT2D eigenvalue weighted by atomic mass is 16.5. The maximum absolute atomic E-state index is 5.62. The van der Waals surface area contributed by atoms with Crippen molar-refractivity contribution in [3.63, 3.8) is 0 Å². The van der Waals surface area contributed by atoms with Crippen molar-refractivity contribution in [2.75, 3.05) is 6.61 Å². The molecule has 23 heavy (non-hydrogen) atoms. The van der Waals surface area contributed by atoms with Crippen LogP contribution in [0, 0.1) is 6.92 Å². The van der Waals surface area contributed by atoms with Gasteiger partial charge < -0.3 is 4.74 Å². The fraction of sp³-hybridized carbons (Fsp3) is 0.389. The molecule has 1 atom stereocenters. The molecule has 5 heteroatoms. The largest absolute Gasteiger partial charge is 0.477 e. The number of hydrogen-bond donors (Lipinski definition) is 0. The van der Waals surface area contributed by atoms with Crippen LogP contribution in [0.25, 0.3) is 16.9 Å². The van der Waals surface area contributed by atoms with Crippen LogP contribution in [0.5, 0.6) is 5.88 Å². The van der Waals surface area contributed by atoms with Gasteiger partial charge in [0.1, 0.15) is 5.82 Å². The van der Waals surface area contributed by atoms with Crippen molar-refractivity contribution in [3.05, 3.63) is 42.1 Å². The van der Waals surface area contributed by atoms with Gasteiger partial charge in [0.05, 0.1) is 23.6 Å². The molecule has 0 aliphatic rings. The van der Waals surface area contributed by atoms with Crippen molar-refractivity contribution in [2.24, 2.45) is 0 Å². The van der Waals surface area contributed by atoms with Crippen molar-refractivity contribution < 1.29 is 4.74 Å². The number of nitrogens with zero attached hydrogens (tertiary/aromatic N) is 4. The molecule has 0 aliphatic carbocycles. The zero-order valence-electron chi connectivity index (χ0n) is 14.1. The minimum Gasteiger partial charge on any atom is -0.477 e. The SMILES string of the molecule is CCOc1ncccc1-c1ccn2c(C(C)CC)nc(C)c2n1. The molecule has 0 spiro atoms. The second-order valence-corrected chi connectivity index (χ2v) is 5.66. The number of rotatable bonds is 5. The number of imidazole rings is 1. The second kappa shape index (κ2) is 6.36. The lowest BCUT2D eigenvalue weighted by molar-refractivity contribution is 0.328. The molecular formula is C18H22N4O. The van der Waals surface area contributed by atoms with Gasteiger partial charge in [-0.2, -0.15) is 0 Å². The molecule has 120 valence electrons. The fourth-order valence-corrected chi connectivity index (χ4v) is 2.65. The predicted molar refractivity (Wildman–Crippen MR) is 90.8 cm³/mol. The summed E-state index contributed by atoms with van der Waals surface area (Å²) in [6, 6.07) is 5.88. The van der Waals surface area contributed by atoms with Crippen LogP contribution in [0.1, 0.15) is 44.6 Å². The Kier molecular flexibility index (Phi) is 4.28. The highest BCUT2D eigenvalue weighted by Gasteiger charge is 2.16. The predicted octanol–water partition coefficient (Wildman–Crippen LogP) is 4.01. The Labute approximate surface area is 136 Å². The van der Waals surface area contributed by atoms with E-state index in [0.717, 1.165) is 34.8 Å². The average Bonchev–Trinajstić information content (AvgIpc) is 2.91. The number of aromatic nitrogens is 4. The molecule has 3 aromatic rings. The monoisotopic (exact) mass is 310 g/mol. The molecular weight excluding hydrogens is 288 g/mol. The first-order valence-electron chi connectivity index (χ1n) is 8.09. The lowest BCUT2D eigenvalue weighted by Crippen LogP contribution is -2.01. The number of ether oxygens (including phenoxy) is 1. The van der Waals surface area contributed by atoms with Gasteiger partial charge in [-0.25, -0.2) is 15.0 Å². The zero-order valence-corrected chi connectivity index (χ0v) is 14.1. The van der Waals surface area contributed by atoms with Gasteiger partial charge in [-0.15, -0.1) is 0 Å². The normalized spacial score (nSPS) is 12.5. The van der Waals surface area contributed by atoms with Crippen molar-refractivity contribution in [1.82, 2.24) is 19.4 Å². The highest BCUT2D eigenvalue weighted by Crippen LogP contribution is 2.28. The molecule has 0 saturated heterocycles. The third-order valence-electron chi connectivity index (χ3n) is 4.07. The number of fused-ring (bicyclic) bond motifs is 1. The lowest BCUT2D eigenvalue weighted by atomic mass is 10.1. The van der Waals surface area contributed by atoms with E-state index in [0.29, 0.717) is 18.4 Å². The molecule has 1 unspecified atom stereocenters. The summed E-state index contributed by atoms with van der Waals surface area (Å²) < 4.78 is 7.71. The van der Waals surface area contributed by atoms with Gasteiger partial charge in [-0.1, -0.05) is 13.8 Å². The van der Waals surface area contributed by atoms with Crippen molar-refractivity contribution in [1.29, 1.82) is 0 Å². The van der Waals surface area contributed by atoms with E-state index in [1.165, 1.54) is 0 Å². The number of aryl methyl sites for hydroxylation is 1. The molecule has 0 saturated carbocycles. The van der Waals surface area contributed by atoms with Gasteiger partial charge in [0.25, 0.3) is 0 Å². The summed E-state index contributed by atoms with van der Waals surface area (Å²) in [5.41, 5.74) is 3.60. The van der Waals surface area contributed by atoms with Crippen molar-refractivity contribution in [3.8, 4) is 17.1 Å². The number of pyridine rings is 1. The molecule has 5 nitrogen and oxygen atoms in total. The van der Waals surface area contributed by atoms with Gasteiger partial charge in [0.15, 0.2) is 5.65 Å². The Morgan fingerprint density at radius 3 is 2.78 bits per heavy atom. The first-order valence-corrected chi connectivity index (χ1v) is 8.09. The van der Waals surface area contributed by atoms with E-state index in [9.17, 15) is 0 Å². The van der Waals surface area contributed by atoms with E-state index in [1.807, 2.05) is 38.2 Å². The zero-order chi connectivity index (χ0) is 16.4. The third-order valence-corrected chi connectivity index (χ3v) is 4.07. The molecule has 3 heterocycles. The van der Waals surface area contributed by atoms with Gasteiger partial charge in [-0.05, 0) is 38.5 Å². The summed E-state index contributed by atoms with van der Waals surface area (Å²) in [6.45, 7) is 8.90. The second-order valence-electron chi connectivity index (χ2n) is 5.66. The summed E-state index contributed by atoms with van der Waals surface area (Å²) >= 11 is 0. The lowest BCUT2D eigenvalue weighted by Gasteiger charge is -2.10. The molecule has 0 aliphatic heterocycles. The fourth-order valence-electron chi connectivity index (χ4n) is 2.65. The van der Waals surface area contributed by atoms with E-state index >= 15 is 0 Å². The van der Waals surface area contributed by atoms with Crippen LogP contribution in [-0.2, 0) is 0 Å². The molecule has 0 radical (unpaired) electrons. The van der Waals surface area contributed by atoms with Crippen LogP contribution < -0.4 is 4.74 Å². The van der Waals surface area contributed by atoms with Crippen molar-refractivity contribution >= 4 is 5.65 Å². The summed E-state index contributed by atoms with van der Waals surface area (Å²) in [4.78, 5) is 13.8. The van der Waals surface area contributed by atoms with E-state index in [4.69, 9.17) is 14.7 Å².